The predicted molar refractivity (Wildman–Crippen MR) is 261 cm³/mol. The van der Waals surface area contributed by atoms with E-state index < -0.39 is 12.7 Å². The number of benzene rings is 6. The van der Waals surface area contributed by atoms with Gasteiger partial charge in [0, 0.05) is 49.7 Å². The molecular weight excluding hydrogens is 950 g/mol. The number of nitrogens with zero attached hydrogens (tertiary/aromatic N) is 3. The number of hydrogen-bond acceptors (Lipinski definition) is 3. The van der Waals surface area contributed by atoms with Gasteiger partial charge in [0.05, 0.1) is 16.6 Å². The normalized spacial score (nSPS) is 13.5. The van der Waals surface area contributed by atoms with Crippen LogP contribution < -0.4 is 0 Å². The zero-order chi connectivity index (χ0) is 47.7. The molecule has 0 fully saturated rings. The molecule has 0 saturated heterocycles. The number of aryl methyl sites for hydroxylation is 1. The van der Waals surface area contributed by atoms with Gasteiger partial charge in [0.15, 0.2) is 0 Å². The van der Waals surface area contributed by atoms with Crippen LogP contribution in [-0.2, 0) is 37.3 Å². The van der Waals surface area contributed by atoms with Crippen molar-refractivity contribution in [3.05, 3.63) is 167 Å². The van der Waals surface area contributed by atoms with Gasteiger partial charge in [-0.3, -0.25) is 9.55 Å². The molecule has 63 heavy (non-hydrogen) atoms. The van der Waals surface area contributed by atoms with Crippen molar-refractivity contribution in [2.75, 3.05) is 0 Å². The van der Waals surface area contributed by atoms with Crippen molar-refractivity contribution < 1.29 is 31.7 Å². The molecule has 0 saturated carbocycles. The van der Waals surface area contributed by atoms with Crippen LogP contribution >= 0.6 is 0 Å². The van der Waals surface area contributed by atoms with E-state index in [4.69, 9.17) is 14.1 Å². The molecule has 0 radical (unpaired) electrons. The van der Waals surface area contributed by atoms with Crippen LogP contribution in [0.3, 0.4) is 0 Å². The first kappa shape index (κ1) is 40.2. The molecule has 2 aromatic heterocycles. The Morgan fingerprint density at radius 2 is 1.30 bits per heavy atom. The van der Waals surface area contributed by atoms with Crippen molar-refractivity contribution in [3.8, 4) is 67.5 Å². The van der Waals surface area contributed by atoms with Crippen molar-refractivity contribution in [2.24, 2.45) is 0 Å². The Hall–Kier alpha value is -5.57. The minimum atomic E-state index is -2.18. The average Bonchev–Trinajstić information content (AvgIpc) is 3.64. The molecule has 0 bridgehead atoms. The van der Waals surface area contributed by atoms with Crippen LogP contribution in [0.25, 0.3) is 72.7 Å². The number of hydrogen-bond donors (Lipinski definition) is 1. The third kappa shape index (κ3) is 9.25. The molecule has 0 amide bonds. The third-order valence-corrected chi connectivity index (χ3v) is 11.8. The van der Waals surface area contributed by atoms with Crippen molar-refractivity contribution in [2.45, 2.75) is 105 Å². The van der Waals surface area contributed by atoms with Crippen molar-refractivity contribution in [1.82, 2.24) is 14.5 Å². The summed E-state index contributed by atoms with van der Waals surface area (Å²) in [4.78, 5) is 10.4. The van der Waals surface area contributed by atoms with Gasteiger partial charge in [-0.2, -0.15) is 0 Å². The summed E-state index contributed by atoms with van der Waals surface area (Å²) in [5.41, 5.74) is 13.5. The van der Waals surface area contributed by atoms with E-state index in [0.717, 1.165) is 83.6 Å². The quantitative estimate of drug-likeness (QED) is 0.162. The molecule has 8 aromatic rings. The van der Waals surface area contributed by atoms with Crippen LogP contribution in [0.15, 0.2) is 134 Å². The molecular formula is C58H60N3OPt-. The number of aromatic hydroxyl groups is 1. The smallest absolute Gasteiger partial charge is 0.148 e. The number of phenolic OH excluding ortho intramolecular Hbond substituents is 1. The van der Waals surface area contributed by atoms with Gasteiger partial charge in [0.25, 0.3) is 0 Å². The zero-order valence-electron chi connectivity index (χ0n) is 42.3. The summed E-state index contributed by atoms with van der Waals surface area (Å²) in [7, 11) is 0. The van der Waals surface area contributed by atoms with E-state index in [1.54, 1.807) is 18.3 Å². The van der Waals surface area contributed by atoms with E-state index in [-0.39, 0.29) is 43.1 Å². The maximum Gasteiger partial charge on any atom is 0.148 e. The number of imidazole rings is 1. The van der Waals surface area contributed by atoms with E-state index in [2.05, 4.69) is 146 Å². The number of pyridine rings is 1. The Labute approximate surface area is 395 Å². The topological polar surface area (TPSA) is 50.9 Å². The van der Waals surface area contributed by atoms with Gasteiger partial charge in [-0.25, -0.2) is 4.98 Å². The van der Waals surface area contributed by atoms with Crippen LogP contribution in [0, 0.1) is 12.9 Å². The standard InChI is InChI=1S/C58H60N3O.Pt/c1-36(2)41-27-42(38-17-14-13-15-18-38)32-47(31-41)61-52-20-16-19-48(53(52)60-55(61)49-34-46(57(7,8)9)35-50(54(49)62)58(10,11)12)43-28-44(30-45(29-43)56(4,5)6)51-33-40(25-26-59-51)39-23-21-37(3)22-24-39;/h13-27,29-36,62H,1-12H3;/q-1;/i3D3,36D;. The maximum atomic E-state index is 12.5. The zero-order valence-corrected chi connectivity index (χ0v) is 40.6. The molecule has 324 valence electrons. The first-order valence-corrected chi connectivity index (χ1v) is 21.5. The number of para-hydroxylation sites is 1. The minimum absolute atomic E-state index is 0. The van der Waals surface area contributed by atoms with Crippen molar-refractivity contribution in [1.29, 1.82) is 0 Å². The molecule has 4 nitrogen and oxygen atoms in total. The van der Waals surface area contributed by atoms with E-state index in [0.29, 0.717) is 17.0 Å². The van der Waals surface area contributed by atoms with Gasteiger partial charge in [-0.15, -0.1) is 29.3 Å². The largest absolute Gasteiger partial charge is 0.507 e. The Balaban J connectivity index is 0.00000666. The average molecular weight is 1010 g/mol. The molecule has 6 aromatic carbocycles. The summed E-state index contributed by atoms with van der Waals surface area (Å²) in [6, 6.07) is 46.2. The van der Waals surface area contributed by atoms with Gasteiger partial charge >= 0.3 is 0 Å². The van der Waals surface area contributed by atoms with Crippen LogP contribution in [0.2, 0.25) is 0 Å². The fraction of sp³-hybridized carbons (Fsp3) is 0.276. The summed E-state index contributed by atoms with van der Waals surface area (Å²) in [6.45, 7) is 21.2. The fourth-order valence-electron chi connectivity index (χ4n) is 8.10. The maximum absolute atomic E-state index is 12.5. The van der Waals surface area contributed by atoms with Crippen LogP contribution in [0.5, 0.6) is 5.75 Å². The summed E-state index contributed by atoms with van der Waals surface area (Å²) < 4.78 is 35.0. The molecule has 0 aliphatic heterocycles. The van der Waals surface area contributed by atoms with E-state index >= 15 is 0 Å². The minimum Gasteiger partial charge on any atom is -0.507 e. The fourth-order valence-corrected chi connectivity index (χ4v) is 8.10. The molecule has 0 atom stereocenters. The molecule has 0 aliphatic carbocycles. The van der Waals surface area contributed by atoms with Gasteiger partial charge in [0.2, 0.25) is 0 Å². The number of rotatable bonds is 7. The SMILES string of the molecule is [2H]C([2H])([2H])c1ccc(-c2ccnc(-c3[c-]c(-c4cccc5c4nc(-c4cc(C(C)(C)C)cc(C(C)(C)C)c4O)n5-c4cc(-c5ccccc5)cc(C([2H])(C)C)c4)cc(C(C)(C)C)c3)c2)cc1.[Pt]. The molecule has 0 unspecified atom stereocenters. The Kier molecular flexibility index (Phi) is 11.0. The van der Waals surface area contributed by atoms with Gasteiger partial charge in [-0.1, -0.05) is 178 Å². The second-order valence-electron chi connectivity index (χ2n) is 20.0. The molecule has 0 spiro atoms. The van der Waals surface area contributed by atoms with E-state index in [1.807, 2.05) is 56.3 Å². The Morgan fingerprint density at radius 1 is 0.635 bits per heavy atom. The summed E-state index contributed by atoms with van der Waals surface area (Å²) in [6.07, 6.45) is 1.79. The second-order valence-corrected chi connectivity index (χ2v) is 20.0. The molecule has 5 heteroatoms. The number of phenols is 1. The van der Waals surface area contributed by atoms with Crippen LogP contribution in [-0.4, -0.2) is 19.6 Å². The summed E-state index contributed by atoms with van der Waals surface area (Å²) >= 11 is 0. The van der Waals surface area contributed by atoms with Gasteiger partial charge in [-0.05, 0) is 92.7 Å². The summed E-state index contributed by atoms with van der Waals surface area (Å²) in [5.74, 6) is -0.131. The molecule has 2 heterocycles. The number of fused-ring (bicyclic) bond motifs is 1. The first-order chi connectivity index (χ1) is 30.8. The van der Waals surface area contributed by atoms with Crippen molar-refractivity contribution >= 4 is 11.0 Å². The van der Waals surface area contributed by atoms with E-state index in [1.165, 1.54) is 0 Å². The van der Waals surface area contributed by atoms with Crippen LogP contribution in [0.1, 0.15) is 115 Å². The molecule has 8 rings (SSSR count). The molecule has 0 aliphatic rings. The third-order valence-electron chi connectivity index (χ3n) is 11.8. The molecule has 1 N–H and O–H groups in total. The first-order valence-electron chi connectivity index (χ1n) is 23.5. The van der Waals surface area contributed by atoms with Crippen molar-refractivity contribution in [3.63, 3.8) is 0 Å². The Morgan fingerprint density at radius 3 is 1.95 bits per heavy atom. The van der Waals surface area contributed by atoms with Gasteiger partial charge < -0.3 is 5.11 Å². The van der Waals surface area contributed by atoms with Crippen LogP contribution in [0.4, 0.5) is 0 Å². The van der Waals surface area contributed by atoms with E-state index in [9.17, 15) is 6.48 Å². The Bertz CT molecular complexity index is 3110. The monoisotopic (exact) mass is 1010 g/mol. The van der Waals surface area contributed by atoms with Gasteiger partial charge in [0.1, 0.15) is 11.6 Å². The second kappa shape index (κ2) is 17.2. The predicted octanol–water partition coefficient (Wildman–Crippen LogP) is 15.6. The number of aromatic nitrogens is 3. The summed E-state index contributed by atoms with van der Waals surface area (Å²) in [5, 5.41) is 12.5.